The van der Waals surface area contributed by atoms with Gasteiger partial charge < -0.3 is 15.5 Å². The third-order valence-electron chi connectivity index (χ3n) is 4.71. The lowest BCUT2D eigenvalue weighted by molar-refractivity contribution is -0.120. The molecule has 1 aromatic carbocycles. The summed E-state index contributed by atoms with van der Waals surface area (Å²) in [5.41, 5.74) is 1.18. The lowest BCUT2D eigenvalue weighted by atomic mass is 10.0. The number of benzene rings is 1. The molecule has 1 aromatic rings. The van der Waals surface area contributed by atoms with Crippen LogP contribution in [0.15, 0.2) is 24.3 Å². The maximum Gasteiger partial charge on any atom is 0.234 e. The van der Waals surface area contributed by atoms with E-state index < -0.39 is 0 Å². The summed E-state index contributed by atoms with van der Waals surface area (Å²) in [6, 6.07) is 7.67. The minimum atomic E-state index is -0.175. The highest BCUT2D eigenvalue weighted by atomic mass is 19.1. The standard InChI is InChI=1S/C18H26FN3O/c19-15-3-1-14(2-4-15)7-10-22-11-8-16(9-12-22)20-13-18(23)21-17-5-6-17/h1-4,16-17,20H,5-13H2,(H,21,23). The van der Waals surface area contributed by atoms with E-state index >= 15 is 0 Å². The van der Waals surface area contributed by atoms with Crippen molar-refractivity contribution in [3.8, 4) is 0 Å². The normalized spacial score (nSPS) is 19.7. The molecule has 126 valence electrons. The second-order valence-electron chi connectivity index (χ2n) is 6.72. The first-order chi connectivity index (χ1) is 11.2. The monoisotopic (exact) mass is 319 g/mol. The number of hydrogen-bond donors (Lipinski definition) is 2. The van der Waals surface area contributed by atoms with E-state index in [2.05, 4.69) is 15.5 Å². The fourth-order valence-electron chi connectivity index (χ4n) is 3.04. The topological polar surface area (TPSA) is 44.4 Å². The van der Waals surface area contributed by atoms with E-state index in [9.17, 15) is 9.18 Å². The van der Waals surface area contributed by atoms with Gasteiger partial charge in [0.25, 0.3) is 0 Å². The zero-order valence-corrected chi connectivity index (χ0v) is 13.6. The molecule has 1 saturated carbocycles. The van der Waals surface area contributed by atoms with E-state index in [-0.39, 0.29) is 11.7 Å². The first-order valence-corrected chi connectivity index (χ1v) is 8.68. The van der Waals surface area contributed by atoms with E-state index in [0.717, 1.165) is 51.7 Å². The third-order valence-corrected chi connectivity index (χ3v) is 4.71. The van der Waals surface area contributed by atoms with Crippen LogP contribution in [-0.2, 0) is 11.2 Å². The van der Waals surface area contributed by atoms with E-state index in [1.807, 2.05) is 12.1 Å². The summed E-state index contributed by atoms with van der Waals surface area (Å²) in [7, 11) is 0. The molecule has 0 atom stereocenters. The highest BCUT2D eigenvalue weighted by Crippen LogP contribution is 2.18. The van der Waals surface area contributed by atoms with E-state index in [1.54, 1.807) is 0 Å². The number of likely N-dealkylation sites (tertiary alicyclic amines) is 1. The smallest absolute Gasteiger partial charge is 0.234 e. The maximum absolute atomic E-state index is 12.9. The minimum Gasteiger partial charge on any atom is -0.352 e. The fourth-order valence-corrected chi connectivity index (χ4v) is 3.04. The lowest BCUT2D eigenvalue weighted by Gasteiger charge is -2.32. The number of halogens is 1. The van der Waals surface area contributed by atoms with Crippen molar-refractivity contribution < 1.29 is 9.18 Å². The molecule has 2 aliphatic rings. The average molecular weight is 319 g/mol. The molecule has 1 aliphatic carbocycles. The van der Waals surface area contributed by atoms with Crippen LogP contribution in [0.5, 0.6) is 0 Å². The molecule has 2 fully saturated rings. The number of carbonyl (C=O) groups is 1. The zero-order valence-electron chi connectivity index (χ0n) is 13.6. The van der Waals surface area contributed by atoms with Crippen LogP contribution in [0.4, 0.5) is 4.39 Å². The Labute approximate surface area is 137 Å². The van der Waals surface area contributed by atoms with Gasteiger partial charge in [0.15, 0.2) is 0 Å². The molecule has 3 rings (SSSR count). The van der Waals surface area contributed by atoms with Crippen molar-refractivity contribution in [3.63, 3.8) is 0 Å². The van der Waals surface area contributed by atoms with Gasteiger partial charge >= 0.3 is 0 Å². The molecule has 0 radical (unpaired) electrons. The number of amides is 1. The minimum absolute atomic E-state index is 0.131. The molecule has 1 aliphatic heterocycles. The summed E-state index contributed by atoms with van der Waals surface area (Å²) in [5.74, 6) is -0.0439. The average Bonchev–Trinajstić information content (AvgIpc) is 3.37. The quantitative estimate of drug-likeness (QED) is 0.804. The summed E-state index contributed by atoms with van der Waals surface area (Å²) >= 11 is 0. The summed E-state index contributed by atoms with van der Waals surface area (Å²) in [5, 5.41) is 6.38. The number of hydrogen-bond acceptors (Lipinski definition) is 3. The van der Waals surface area contributed by atoms with Crippen molar-refractivity contribution in [2.24, 2.45) is 0 Å². The van der Waals surface area contributed by atoms with Crippen molar-refractivity contribution >= 4 is 5.91 Å². The molecule has 5 heteroatoms. The first-order valence-electron chi connectivity index (χ1n) is 8.68. The Morgan fingerprint density at radius 3 is 2.43 bits per heavy atom. The van der Waals surface area contributed by atoms with Gasteiger partial charge in [-0.2, -0.15) is 0 Å². The third kappa shape index (κ3) is 5.59. The van der Waals surface area contributed by atoms with Gasteiger partial charge in [-0.1, -0.05) is 12.1 Å². The molecular weight excluding hydrogens is 293 g/mol. The molecule has 4 nitrogen and oxygen atoms in total. The Balaban J connectivity index is 1.30. The second-order valence-corrected chi connectivity index (χ2v) is 6.72. The van der Waals surface area contributed by atoms with Gasteiger partial charge in [-0.05, 0) is 62.9 Å². The Kier molecular flexibility index (Phi) is 5.62. The Bertz CT molecular complexity index is 508. The Morgan fingerprint density at radius 2 is 1.78 bits per heavy atom. The van der Waals surface area contributed by atoms with E-state index in [0.29, 0.717) is 18.6 Å². The number of nitrogens with zero attached hydrogens (tertiary/aromatic N) is 1. The summed E-state index contributed by atoms with van der Waals surface area (Å²) in [4.78, 5) is 14.1. The molecule has 0 spiro atoms. The van der Waals surface area contributed by atoms with Gasteiger partial charge in [0.1, 0.15) is 5.82 Å². The molecule has 1 heterocycles. The van der Waals surface area contributed by atoms with Crippen molar-refractivity contribution in [1.29, 1.82) is 0 Å². The van der Waals surface area contributed by atoms with Crippen molar-refractivity contribution in [2.75, 3.05) is 26.2 Å². The van der Waals surface area contributed by atoms with Gasteiger partial charge in [0.05, 0.1) is 6.54 Å². The Morgan fingerprint density at radius 1 is 1.09 bits per heavy atom. The molecule has 1 saturated heterocycles. The summed E-state index contributed by atoms with van der Waals surface area (Å²) in [6.07, 6.45) is 5.40. The van der Waals surface area contributed by atoms with Gasteiger partial charge in [-0.3, -0.25) is 4.79 Å². The lowest BCUT2D eigenvalue weighted by Crippen LogP contribution is -2.46. The maximum atomic E-state index is 12.9. The zero-order chi connectivity index (χ0) is 16.1. The van der Waals surface area contributed by atoms with Crippen LogP contribution in [0, 0.1) is 5.82 Å². The van der Waals surface area contributed by atoms with Crippen LogP contribution in [-0.4, -0.2) is 49.1 Å². The largest absolute Gasteiger partial charge is 0.352 e. The van der Waals surface area contributed by atoms with Gasteiger partial charge in [0.2, 0.25) is 5.91 Å². The molecule has 0 aromatic heterocycles. The highest BCUT2D eigenvalue weighted by Gasteiger charge is 2.24. The predicted octanol–water partition coefficient (Wildman–Crippen LogP) is 1.70. The highest BCUT2D eigenvalue weighted by molar-refractivity contribution is 5.78. The van der Waals surface area contributed by atoms with E-state index in [4.69, 9.17) is 0 Å². The molecule has 2 N–H and O–H groups in total. The Hall–Kier alpha value is -1.46. The predicted molar refractivity (Wildman–Crippen MR) is 88.7 cm³/mol. The molecule has 0 unspecified atom stereocenters. The summed E-state index contributed by atoms with van der Waals surface area (Å²) < 4.78 is 12.9. The first kappa shape index (κ1) is 16.4. The summed E-state index contributed by atoms with van der Waals surface area (Å²) in [6.45, 7) is 3.57. The van der Waals surface area contributed by atoms with Gasteiger partial charge in [-0.15, -0.1) is 0 Å². The van der Waals surface area contributed by atoms with Crippen LogP contribution in [0.1, 0.15) is 31.2 Å². The SMILES string of the molecule is O=C(CNC1CCN(CCc2ccc(F)cc2)CC1)NC1CC1. The van der Waals surface area contributed by atoms with Crippen LogP contribution < -0.4 is 10.6 Å². The fraction of sp³-hybridized carbons (Fsp3) is 0.611. The number of nitrogens with one attached hydrogen (secondary N) is 2. The molecular formula is C18H26FN3O. The van der Waals surface area contributed by atoms with E-state index in [1.165, 1.54) is 17.7 Å². The number of rotatable bonds is 7. The van der Waals surface area contributed by atoms with Crippen molar-refractivity contribution in [2.45, 2.75) is 44.2 Å². The number of piperidine rings is 1. The van der Waals surface area contributed by atoms with Gasteiger partial charge in [-0.25, -0.2) is 4.39 Å². The van der Waals surface area contributed by atoms with Crippen LogP contribution >= 0.6 is 0 Å². The molecule has 0 bridgehead atoms. The van der Waals surface area contributed by atoms with Crippen molar-refractivity contribution in [3.05, 3.63) is 35.6 Å². The molecule has 23 heavy (non-hydrogen) atoms. The molecule has 1 amide bonds. The van der Waals surface area contributed by atoms with Crippen LogP contribution in [0.25, 0.3) is 0 Å². The van der Waals surface area contributed by atoms with Crippen LogP contribution in [0.2, 0.25) is 0 Å². The van der Waals surface area contributed by atoms with Gasteiger partial charge in [0, 0.05) is 18.6 Å². The second kappa shape index (κ2) is 7.88. The van der Waals surface area contributed by atoms with Crippen LogP contribution in [0.3, 0.4) is 0 Å². The van der Waals surface area contributed by atoms with Crippen molar-refractivity contribution in [1.82, 2.24) is 15.5 Å². The number of carbonyl (C=O) groups excluding carboxylic acids is 1.